The number of allylic oxidation sites excluding steroid dienone is 10. The Balaban J connectivity index is 1.73. The summed E-state index contributed by atoms with van der Waals surface area (Å²) in [4.78, 5) is 26.0. The molecule has 452 valence electrons. The zero-order chi connectivity index (χ0) is 56.7. The second kappa shape index (κ2) is 48.9. The van der Waals surface area contributed by atoms with E-state index in [4.69, 9.17) is 28.4 Å². The predicted molar refractivity (Wildman–Crippen MR) is 307 cm³/mol. The number of unbranched alkanes of at least 4 members (excludes halogenated alkanes) is 25. The Bertz CT molecular complexity index is 1580. The van der Waals surface area contributed by atoms with Crippen LogP contribution in [0.1, 0.15) is 232 Å². The summed E-state index contributed by atoms with van der Waals surface area (Å²) in [7, 11) is 0. The number of hydrogen-bond acceptors (Lipinski definition) is 15. The number of hydrogen-bond donors (Lipinski definition) is 7. The van der Waals surface area contributed by atoms with E-state index in [0.717, 1.165) is 77.0 Å². The van der Waals surface area contributed by atoms with E-state index in [1.165, 1.54) is 116 Å². The summed E-state index contributed by atoms with van der Waals surface area (Å²) in [6.07, 6.45) is 42.3. The zero-order valence-electron chi connectivity index (χ0n) is 48.4. The summed E-state index contributed by atoms with van der Waals surface area (Å²) in [5.41, 5.74) is 0. The molecule has 0 aromatic heterocycles. The minimum atomic E-state index is -1.77. The molecule has 0 aliphatic carbocycles. The lowest BCUT2D eigenvalue weighted by molar-refractivity contribution is -0.332. The van der Waals surface area contributed by atoms with Crippen molar-refractivity contribution in [3.05, 3.63) is 60.8 Å². The highest BCUT2D eigenvalue weighted by atomic mass is 16.7. The first kappa shape index (κ1) is 71.3. The van der Waals surface area contributed by atoms with Gasteiger partial charge in [0.15, 0.2) is 18.7 Å². The van der Waals surface area contributed by atoms with Crippen LogP contribution in [0.15, 0.2) is 60.8 Å². The average Bonchev–Trinajstić information content (AvgIpc) is 3.44. The molecular formula is C63H110O15. The highest BCUT2D eigenvalue weighted by Crippen LogP contribution is 2.27. The Labute approximate surface area is 470 Å². The van der Waals surface area contributed by atoms with E-state index in [-0.39, 0.29) is 26.1 Å². The van der Waals surface area contributed by atoms with Gasteiger partial charge in [-0.3, -0.25) is 9.59 Å². The van der Waals surface area contributed by atoms with Crippen LogP contribution in [-0.4, -0.2) is 142 Å². The van der Waals surface area contributed by atoms with Gasteiger partial charge in [0.1, 0.15) is 55.4 Å². The van der Waals surface area contributed by atoms with Gasteiger partial charge in [0, 0.05) is 12.8 Å². The lowest BCUT2D eigenvalue weighted by Gasteiger charge is -2.42. The van der Waals surface area contributed by atoms with Gasteiger partial charge in [-0.2, -0.15) is 0 Å². The van der Waals surface area contributed by atoms with Crippen molar-refractivity contribution in [2.24, 2.45) is 0 Å². The summed E-state index contributed by atoms with van der Waals surface area (Å²) in [5.74, 6) is -0.927. The minimum Gasteiger partial charge on any atom is -0.462 e. The maximum atomic E-state index is 13.1. The number of carbonyl (C=O) groups excluding carboxylic acids is 2. The van der Waals surface area contributed by atoms with Crippen molar-refractivity contribution < 1.29 is 73.8 Å². The van der Waals surface area contributed by atoms with Gasteiger partial charge >= 0.3 is 11.9 Å². The molecule has 2 aliphatic rings. The van der Waals surface area contributed by atoms with E-state index in [1.807, 2.05) is 0 Å². The van der Waals surface area contributed by atoms with Gasteiger partial charge in [0.2, 0.25) is 0 Å². The molecule has 0 amide bonds. The average molecular weight is 1110 g/mol. The highest BCUT2D eigenvalue weighted by molar-refractivity contribution is 5.70. The standard InChI is InChI=1S/C63H110O15/c1-3-5-7-9-11-13-15-17-19-21-23-24-25-26-28-30-32-34-36-38-40-42-44-46-55(66)76-51(48-73-54(65)45-43-41-39-37-35-33-31-29-27-22-20-18-16-14-12-10-8-6-4-2)49-74-62-61(72)59(70)57(68)53(78-62)50-75-63-60(71)58(69)56(67)52(47-64)77-63/h5,7,11,13,17-20,23-24,51-53,56-64,67-72H,3-4,6,8-10,12,14-16,21-22,25-50H2,1-2H3/b7-5-,13-11-,19-17-,20-18-,24-23-. The van der Waals surface area contributed by atoms with Gasteiger partial charge in [-0.25, -0.2) is 0 Å². The van der Waals surface area contributed by atoms with E-state index >= 15 is 0 Å². The van der Waals surface area contributed by atoms with Crippen molar-refractivity contribution >= 4 is 11.9 Å². The van der Waals surface area contributed by atoms with Crippen LogP contribution in [0, 0.1) is 0 Å². The van der Waals surface area contributed by atoms with Crippen LogP contribution in [0.3, 0.4) is 0 Å². The van der Waals surface area contributed by atoms with Gasteiger partial charge in [0.25, 0.3) is 0 Å². The van der Waals surface area contributed by atoms with Gasteiger partial charge in [-0.1, -0.05) is 203 Å². The number of aliphatic hydroxyl groups is 7. The summed E-state index contributed by atoms with van der Waals surface area (Å²) >= 11 is 0. The van der Waals surface area contributed by atoms with Gasteiger partial charge in [0.05, 0.1) is 19.8 Å². The first-order chi connectivity index (χ1) is 38.0. The van der Waals surface area contributed by atoms with Crippen molar-refractivity contribution in [1.82, 2.24) is 0 Å². The van der Waals surface area contributed by atoms with Crippen LogP contribution < -0.4 is 0 Å². The lowest BCUT2D eigenvalue weighted by atomic mass is 9.98. The summed E-state index contributed by atoms with van der Waals surface area (Å²) < 4.78 is 33.8. The maximum absolute atomic E-state index is 13.1. The predicted octanol–water partition coefficient (Wildman–Crippen LogP) is 11.2. The molecule has 0 aromatic rings. The molecule has 11 unspecified atom stereocenters. The Morgan fingerprint density at radius 3 is 1.28 bits per heavy atom. The third kappa shape index (κ3) is 35.1. The van der Waals surface area contributed by atoms with E-state index in [9.17, 15) is 45.3 Å². The summed E-state index contributed by atoms with van der Waals surface area (Å²) in [6, 6.07) is 0. The second-order valence-corrected chi connectivity index (χ2v) is 21.5. The summed E-state index contributed by atoms with van der Waals surface area (Å²) in [5, 5.41) is 72.4. The van der Waals surface area contributed by atoms with E-state index in [1.54, 1.807) is 0 Å². The molecule has 78 heavy (non-hydrogen) atoms. The molecule has 2 heterocycles. The molecule has 15 nitrogen and oxygen atoms in total. The molecule has 7 N–H and O–H groups in total. The monoisotopic (exact) mass is 1110 g/mol. The zero-order valence-corrected chi connectivity index (χ0v) is 48.4. The molecule has 0 spiro atoms. The molecule has 2 saturated heterocycles. The Kier molecular flexibility index (Phi) is 44.7. The molecule has 11 atom stereocenters. The number of ether oxygens (including phenoxy) is 6. The van der Waals surface area contributed by atoms with Crippen LogP contribution >= 0.6 is 0 Å². The SMILES string of the molecule is CC/C=C\C/C=C\C/C=C\C/C=C\CCCCCCCCCCCCC(=O)OC(COC(=O)CCCCCCCCCCC/C=C\CCCCCCCC)COC1OC(COC2OC(CO)C(O)C(O)C2O)C(O)C(O)C1O. The van der Waals surface area contributed by atoms with E-state index < -0.39 is 92.7 Å². The first-order valence-corrected chi connectivity index (χ1v) is 30.9. The van der Waals surface area contributed by atoms with Crippen LogP contribution in [-0.2, 0) is 38.0 Å². The topological polar surface area (TPSA) is 231 Å². The Hall–Kier alpha value is -2.80. The molecule has 2 rings (SSSR count). The van der Waals surface area contributed by atoms with Crippen LogP contribution in [0.4, 0.5) is 0 Å². The van der Waals surface area contributed by atoms with Crippen LogP contribution in [0.25, 0.3) is 0 Å². The number of carbonyl (C=O) groups is 2. The van der Waals surface area contributed by atoms with Crippen molar-refractivity contribution in [2.45, 2.75) is 300 Å². The highest BCUT2D eigenvalue weighted by Gasteiger charge is 2.47. The summed E-state index contributed by atoms with van der Waals surface area (Å²) in [6.45, 7) is 2.50. The molecule has 15 heteroatoms. The molecule has 2 aliphatic heterocycles. The van der Waals surface area contributed by atoms with Crippen molar-refractivity contribution in [1.29, 1.82) is 0 Å². The maximum Gasteiger partial charge on any atom is 0.306 e. The fraction of sp³-hybridized carbons (Fsp3) is 0.810. The molecule has 2 fully saturated rings. The largest absolute Gasteiger partial charge is 0.462 e. The van der Waals surface area contributed by atoms with Crippen molar-refractivity contribution in [2.75, 3.05) is 26.4 Å². The number of esters is 2. The molecule has 0 aromatic carbocycles. The molecule has 0 radical (unpaired) electrons. The number of aliphatic hydroxyl groups excluding tert-OH is 7. The third-order valence-corrected chi connectivity index (χ3v) is 14.5. The minimum absolute atomic E-state index is 0.158. The fourth-order valence-electron chi connectivity index (χ4n) is 9.50. The van der Waals surface area contributed by atoms with Gasteiger partial charge in [-0.15, -0.1) is 0 Å². The van der Waals surface area contributed by atoms with E-state index in [2.05, 4.69) is 74.6 Å². The number of rotatable bonds is 49. The molecule has 0 bridgehead atoms. The normalized spacial score (nSPS) is 24.4. The quantitative estimate of drug-likeness (QED) is 0.0171. The van der Waals surface area contributed by atoms with Gasteiger partial charge in [-0.05, 0) is 77.0 Å². The molecule has 0 saturated carbocycles. The smallest absolute Gasteiger partial charge is 0.306 e. The second-order valence-electron chi connectivity index (χ2n) is 21.5. The first-order valence-electron chi connectivity index (χ1n) is 30.9. The van der Waals surface area contributed by atoms with Crippen molar-refractivity contribution in [3.8, 4) is 0 Å². The van der Waals surface area contributed by atoms with Gasteiger partial charge < -0.3 is 64.2 Å². The lowest BCUT2D eigenvalue weighted by Crippen LogP contribution is -2.61. The third-order valence-electron chi connectivity index (χ3n) is 14.5. The van der Waals surface area contributed by atoms with E-state index in [0.29, 0.717) is 12.8 Å². The molecular weight excluding hydrogens is 997 g/mol. The van der Waals surface area contributed by atoms with Crippen LogP contribution in [0.2, 0.25) is 0 Å². The Morgan fingerprint density at radius 2 is 0.808 bits per heavy atom. The fourth-order valence-corrected chi connectivity index (χ4v) is 9.50. The Morgan fingerprint density at radius 1 is 0.423 bits per heavy atom. The van der Waals surface area contributed by atoms with Crippen molar-refractivity contribution in [3.63, 3.8) is 0 Å². The van der Waals surface area contributed by atoms with Crippen LogP contribution in [0.5, 0.6) is 0 Å².